The normalized spacial score (nSPS) is 11.8. The van der Waals surface area contributed by atoms with Crippen molar-refractivity contribution >= 4 is 17.6 Å². The third-order valence-electron chi connectivity index (χ3n) is 7.41. The number of esters is 1. The van der Waals surface area contributed by atoms with Crippen LogP contribution < -0.4 is 5.82 Å². The fraction of sp³-hybridized carbons (Fsp3) is 0.355. The molecular weight excluding hydrogens is 634 g/mol. The molecule has 47 heavy (non-hydrogen) atoms. The Morgan fingerprint density at radius 2 is 1.83 bits per heavy atom. The molecule has 0 radical (unpaired) electrons. The Morgan fingerprint density at radius 3 is 2.53 bits per heavy atom. The second-order valence-corrected chi connectivity index (χ2v) is 11.1. The summed E-state index contributed by atoms with van der Waals surface area (Å²) in [4.78, 5) is 44.8. The molecule has 0 fully saturated rings. The van der Waals surface area contributed by atoms with Gasteiger partial charge in [0, 0.05) is 24.9 Å². The zero-order chi connectivity index (χ0) is 33.3. The number of tetrazole rings is 1. The Hall–Kier alpha value is -5.31. The number of halogens is 1. The number of nitrogens with one attached hydrogen (secondary N) is 1. The minimum atomic E-state index is -0.950. The number of nitrogens with zero attached hydrogens (tertiary/aromatic N) is 6. The molecule has 2 aromatic carbocycles. The number of benzene rings is 2. The molecule has 0 bridgehead atoms. The van der Waals surface area contributed by atoms with Crippen molar-refractivity contribution in [1.29, 1.82) is 0 Å². The number of hydrogen-bond donors (Lipinski definition) is 1. The molecule has 5 aromatic rings. The third-order valence-corrected chi connectivity index (χ3v) is 7.67. The first-order valence-electron chi connectivity index (χ1n) is 15.0. The summed E-state index contributed by atoms with van der Waals surface area (Å²) in [7, 11) is 0. The van der Waals surface area contributed by atoms with E-state index in [1.165, 1.54) is 0 Å². The molecule has 1 N–H and O–H groups in total. The number of H-pyrrole nitrogens is 1. The van der Waals surface area contributed by atoms with Gasteiger partial charge in [0.15, 0.2) is 29.0 Å². The quantitative estimate of drug-likeness (QED) is 0.0780. The summed E-state index contributed by atoms with van der Waals surface area (Å²) in [5, 5.41) is 24.0. The van der Waals surface area contributed by atoms with Crippen LogP contribution >= 0.6 is 11.6 Å². The monoisotopic (exact) mass is 665 g/mol. The molecule has 15 nitrogen and oxygen atoms in total. The maximum atomic E-state index is 13.4. The van der Waals surface area contributed by atoms with Crippen LogP contribution in [0.15, 0.2) is 62.2 Å². The van der Waals surface area contributed by atoms with Crippen molar-refractivity contribution in [3.05, 3.63) is 103 Å². The molecule has 16 heteroatoms. The van der Waals surface area contributed by atoms with E-state index in [-0.39, 0.29) is 35.4 Å². The van der Waals surface area contributed by atoms with E-state index in [0.717, 1.165) is 35.1 Å². The fourth-order valence-corrected chi connectivity index (χ4v) is 5.40. The van der Waals surface area contributed by atoms with Crippen molar-refractivity contribution in [3.63, 3.8) is 0 Å². The number of carbonyl (C=O) groups excluding carboxylic acids is 1. The molecule has 0 spiro atoms. The van der Waals surface area contributed by atoms with Crippen molar-refractivity contribution in [2.24, 2.45) is 0 Å². The fourth-order valence-electron chi connectivity index (χ4n) is 5.12. The van der Waals surface area contributed by atoms with E-state index < -0.39 is 23.0 Å². The highest BCUT2D eigenvalue weighted by molar-refractivity contribution is 6.32. The molecule has 1 atom stereocenters. The van der Waals surface area contributed by atoms with Crippen LogP contribution in [-0.2, 0) is 35.6 Å². The minimum absolute atomic E-state index is 0.000380. The molecule has 246 valence electrons. The molecule has 5 rings (SSSR count). The molecule has 0 saturated carbocycles. The van der Waals surface area contributed by atoms with Crippen molar-refractivity contribution in [2.75, 3.05) is 0 Å². The van der Waals surface area contributed by atoms with Gasteiger partial charge in [-0.15, -0.1) is 20.3 Å². The van der Waals surface area contributed by atoms with Crippen LogP contribution in [0, 0.1) is 10.1 Å². The van der Waals surface area contributed by atoms with E-state index in [1.807, 2.05) is 48.5 Å². The zero-order valence-electron chi connectivity index (χ0n) is 25.7. The number of carbonyl (C=O) groups is 1. The van der Waals surface area contributed by atoms with Gasteiger partial charge in [-0.05, 0) is 48.1 Å². The number of aromatic amines is 1. The summed E-state index contributed by atoms with van der Waals surface area (Å²) in [5.74, 6) is -0.360. The lowest BCUT2D eigenvalue weighted by Gasteiger charge is -2.13. The average Bonchev–Trinajstić information content (AvgIpc) is 3.78. The van der Waals surface area contributed by atoms with Gasteiger partial charge in [0.1, 0.15) is 11.9 Å². The van der Waals surface area contributed by atoms with E-state index in [2.05, 4.69) is 37.4 Å². The number of rotatable bonds is 16. The van der Waals surface area contributed by atoms with Gasteiger partial charge in [-0.25, -0.2) is 14.6 Å². The van der Waals surface area contributed by atoms with Crippen LogP contribution in [0.1, 0.15) is 72.9 Å². The molecule has 1 unspecified atom stereocenters. The smallest absolute Gasteiger partial charge is 0.453 e. The van der Waals surface area contributed by atoms with E-state index in [9.17, 15) is 19.7 Å². The van der Waals surface area contributed by atoms with Gasteiger partial charge in [-0.2, -0.15) is 5.21 Å². The Labute approximate surface area is 273 Å². The summed E-state index contributed by atoms with van der Waals surface area (Å²) in [6.45, 7) is 3.53. The molecule has 0 saturated heterocycles. The van der Waals surface area contributed by atoms with Crippen LogP contribution in [0.3, 0.4) is 0 Å². The lowest BCUT2D eigenvalue weighted by atomic mass is 9.98. The van der Waals surface area contributed by atoms with Gasteiger partial charge in [0.05, 0.1) is 0 Å². The van der Waals surface area contributed by atoms with Gasteiger partial charge < -0.3 is 23.0 Å². The average molecular weight is 666 g/mol. The van der Waals surface area contributed by atoms with E-state index in [0.29, 0.717) is 37.5 Å². The molecule has 0 amide bonds. The third kappa shape index (κ3) is 8.30. The summed E-state index contributed by atoms with van der Waals surface area (Å²) in [5.41, 5.74) is 3.68. The first-order chi connectivity index (χ1) is 22.7. The Morgan fingerprint density at radius 1 is 1.09 bits per heavy atom. The van der Waals surface area contributed by atoms with Gasteiger partial charge in [0.2, 0.25) is 5.82 Å². The summed E-state index contributed by atoms with van der Waals surface area (Å²) in [6, 6.07) is 15.6. The van der Waals surface area contributed by atoms with Gasteiger partial charge >= 0.3 is 11.8 Å². The highest BCUT2D eigenvalue weighted by atomic mass is 35.5. The second kappa shape index (κ2) is 15.3. The summed E-state index contributed by atoms with van der Waals surface area (Å²) < 4.78 is 17.5. The predicted molar refractivity (Wildman–Crippen MR) is 167 cm³/mol. The number of hydrogen-bond acceptors (Lipinski definition) is 12. The largest absolute Gasteiger partial charge is 0.519 e. The van der Waals surface area contributed by atoms with Crippen molar-refractivity contribution < 1.29 is 28.3 Å². The van der Waals surface area contributed by atoms with Crippen LogP contribution in [0.2, 0.25) is 5.15 Å². The summed E-state index contributed by atoms with van der Waals surface area (Å²) in [6.07, 6.45) is 2.66. The number of aryl methyl sites for hydroxylation is 2. The first kappa shape index (κ1) is 33.1. The van der Waals surface area contributed by atoms with Crippen molar-refractivity contribution in [1.82, 2.24) is 30.2 Å². The summed E-state index contributed by atoms with van der Waals surface area (Å²) >= 11 is 6.51. The maximum Gasteiger partial charge on any atom is 0.519 e. The molecular formula is C31H32ClN7O8. The Bertz CT molecular complexity index is 1870. The SMILES string of the molecule is CCCCc1nc(Cl)c(C(=O)OCc2oc(=O)oc2CCCC(C)O[N+](=O)[O-])n1Cc1ccc(-c2ccccc2-c2nn[nH]n2)cc1. The second-order valence-electron chi connectivity index (χ2n) is 10.7. The molecule has 0 aliphatic rings. The van der Waals surface area contributed by atoms with Crippen LogP contribution in [0.25, 0.3) is 22.5 Å². The topological polar surface area (TPSA) is 194 Å². The van der Waals surface area contributed by atoms with E-state index in [4.69, 9.17) is 25.2 Å². The number of aromatic nitrogens is 6. The lowest BCUT2D eigenvalue weighted by molar-refractivity contribution is -0.767. The highest BCUT2D eigenvalue weighted by Crippen LogP contribution is 2.30. The molecule has 3 aromatic heterocycles. The molecule has 0 aliphatic carbocycles. The lowest BCUT2D eigenvalue weighted by Crippen LogP contribution is -2.16. The van der Waals surface area contributed by atoms with E-state index >= 15 is 0 Å². The molecule has 0 aliphatic heterocycles. The van der Waals surface area contributed by atoms with Gasteiger partial charge in [0.25, 0.3) is 5.09 Å². The van der Waals surface area contributed by atoms with Gasteiger partial charge in [-0.3, -0.25) is 0 Å². The Kier molecular flexibility index (Phi) is 10.8. The number of unbranched alkanes of at least 4 members (excludes halogenated alkanes) is 1. The van der Waals surface area contributed by atoms with E-state index in [1.54, 1.807) is 11.5 Å². The van der Waals surface area contributed by atoms with Crippen LogP contribution in [0.4, 0.5) is 0 Å². The minimum Gasteiger partial charge on any atom is -0.453 e. The standard InChI is InChI=1S/C31H32ClN7O8/c1-3-4-12-26-33-28(32)27(30(40)44-18-25-24(45-31(41)46-25)11-7-8-19(2)47-39(42)43)38(26)17-20-13-15-21(16-14-20)22-9-5-6-10-23(22)29-34-36-37-35-29/h5-6,9-10,13-16,19H,3-4,7-8,11-12,17-18H2,1-2H3,(H,34,35,36,37). The maximum absolute atomic E-state index is 13.4. The van der Waals surface area contributed by atoms with Gasteiger partial charge in [-0.1, -0.05) is 73.5 Å². The predicted octanol–water partition coefficient (Wildman–Crippen LogP) is 5.60. The van der Waals surface area contributed by atoms with Crippen molar-refractivity contribution in [3.8, 4) is 22.5 Å². The Balaban J connectivity index is 1.32. The number of ether oxygens (including phenoxy) is 1. The first-order valence-corrected chi connectivity index (χ1v) is 15.4. The molecule has 3 heterocycles. The van der Waals surface area contributed by atoms with Crippen LogP contribution in [0.5, 0.6) is 0 Å². The number of imidazole rings is 1. The van der Waals surface area contributed by atoms with Crippen LogP contribution in [-0.4, -0.2) is 47.3 Å². The zero-order valence-corrected chi connectivity index (χ0v) is 26.4. The van der Waals surface area contributed by atoms with Crippen molar-refractivity contribution in [2.45, 2.75) is 71.6 Å². The highest BCUT2D eigenvalue weighted by Gasteiger charge is 2.25.